The normalized spacial score (nSPS) is 11.8. The van der Waals surface area contributed by atoms with Gasteiger partial charge in [-0.15, -0.1) is 0 Å². The van der Waals surface area contributed by atoms with Gasteiger partial charge in [-0.3, -0.25) is 14.5 Å². The van der Waals surface area contributed by atoms with E-state index in [0.29, 0.717) is 12.5 Å². The smallest absolute Gasteiger partial charge is 0.179 e. The predicted octanol–water partition coefficient (Wildman–Crippen LogP) is 5.68. The number of aromatic amines is 2. The molecule has 32 heavy (non-hydrogen) atoms. The fraction of sp³-hybridized carbons (Fsp3) is 0.333. The van der Waals surface area contributed by atoms with Crippen molar-refractivity contribution < 1.29 is 9.59 Å². The monoisotopic (exact) mass is 429 g/mol. The van der Waals surface area contributed by atoms with E-state index in [0.717, 1.165) is 50.7 Å². The van der Waals surface area contributed by atoms with Crippen LogP contribution in [-0.2, 0) is 0 Å². The molecule has 0 aliphatic carbocycles. The summed E-state index contributed by atoms with van der Waals surface area (Å²) in [6, 6.07) is 15.7. The highest BCUT2D eigenvalue weighted by atomic mass is 16.1. The molecule has 0 fully saturated rings. The lowest BCUT2D eigenvalue weighted by Gasteiger charge is -2.22. The lowest BCUT2D eigenvalue weighted by Crippen LogP contribution is -2.36. The number of aryl methyl sites for hydroxylation is 2. The van der Waals surface area contributed by atoms with Crippen LogP contribution in [0.1, 0.15) is 52.4 Å². The Morgan fingerprint density at radius 1 is 0.781 bits per heavy atom. The average molecular weight is 430 g/mol. The van der Waals surface area contributed by atoms with E-state index in [1.54, 1.807) is 0 Å². The maximum absolute atomic E-state index is 13.4. The molecule has 0 amide bonds. The number of hydrogen-bond donors (Lipinski definition) is 2. The molecule has 2 N–H and O–H groups in total. The van der Waals surface area contributed by atoms with Crippen LogP contribution in [-0.4, -0.2) is 46.1 Å². The van der Waals surface area contributed by atoms with Gasteiger partial charge >= 0.3 is 0 Å². The van der Waals surface area contributed by atoms with Gasteiger partial charge < -0.3 is 9.97 Å². The number of hydrogen-bond acceptors (Lipinski definition) is 3. The van der Waals surface area contributed by atoms with E-state index in [-0.39, 0.29) is 24.7 Å². The summed E-state index contributed by atoms with van der Waals surface area (Å²) in [6.45, 7) is 9.35. The van der Waals surface area contributed by atoms with Gasteiger partial charge in [-0.1, -0.05) is 50.2 Å². The summed E-state index contributed by atoms with van der Waals surface area (Å²) in [5, 5.41) is 1.88. The van der Waals surface area contributed by atoms with Crippen molar-refractivity contribution in [3.63, 3.8) is 0 Å². The lowest BCUT2D eigenvalue weighted by molar-refractivity contribution is 0.0867. The summed E-state index contributed by atoms with van der Waals surface area (Å²) < 4.78 is 0. The first-order valence-corrected chi connectivity index (χ1v) is 11.3. The number of para-hydroxylation sites is 2. The van der Waals surface area contributed by atoms with Gasteiger partial charge in [0.25, 0.3) is 0 Å². The fourth-order valence-electron chi connectivity index (χ4n) is 4.49. The first-order valence-electron chi connectivity index (χ1n) is 11.3. The molecule has 2 heterocycles. The SMILES string of the molecule is Cc1[nH]c2ccccc2c1C(=O)CN(CCC(C)C)CC(=O)c1c(C)[nH]c2ccccc12. The second-order valence-corrected chi connectivity index (χ2v) is 9.08. The predicted molar refractivity (Wildman–Crippen MR) is 131 cm³/mol. The Labute approximate surface area is 188 Å². The van der Waals surface area contributed by atoms with Gasteiger partial charge in [0.15, 0.2) is 11.6 Å². The van der Waals surface area contributed by atoms with E-state index in [2.05, 4.69) is 23.8 Å². The maximum atomic E-state index is 13.4. The summed E-state index contributed by atoms with van der Waals surface area (Å²) in [6.07, 6.45) is 0.931. The molecule has 2 aromatic carbocycles. The van der Waals surface area contributed by atoms with Crippen LogP contribution in [0.5, 0.6) is 0 Å². The van der Waals surface area contributed by atoms with Crippen LogP contribution in [0.3, 0.4) is 0 Å². The van der Waals surface area contributed by atoms with Crippen LogP contribution < -0.4 is 0 Å². The second kappa shape index (κ2) is 9.13. The number of H-pyrrole nitrogens is 2. The molecule has 4 rings (SSSR count). The Morgan fingerprint density at radius 2 is 1.22 bits per heavy atom. The van der Waals surface area contributed by atoms with Gasteiger partial charge in [0, 0.05) is 44.3 Å². The number of carbonyl (C=O) groups excluding carboxylic acids is 2. The van der Waals surface area contributed by atoms with Crippen LogP contribution in [0.25, 0.3) is 21.8 Å². The molecular formula is C27H31N3O2. The van der Waals surface area contributed by atoms with E-state index >= 15 is 0 Å². The standard InChI is InChI=1S/C27H31N3O2/c1-17(2)13-14-30(15-24(31)26-18(3)28-22-11-7-5-9-20(22)26)16-25(32)27-19(4)29-23-12-8-6-10-21(23)27/h5-12,17,28-29H,13-16H2,1-4H3. The van der Waals surface area contributed by atoms with Crippen molar-refractivity contribution in [3.05, 3.63) is 71.0 Å². The summed E-state index contributed by atoms with van der Waals surface area (Å²) in [7, 11) is 0. The van der Waals surface area contributed by atoms with Crippen LogP contribution in [0.2, 0.25) is 0 Å². The highest BCUT2D eigenvalue weighted by Gasteiger charge is 2.23. The van der Waals surface area contributed by atoms with Gasteiger partial charge in [0.1, 0.15) is 0 Å². The van der Waals surface area contributed by atoms with Crippen LogP contribution in [0.4, 0.5) is 0 Å². The van der Waals surface area contributed by atoms with Gasteiger partial charge in [-0.2, -0.15) is 0 Å². The third kappa shape index (κ3) is 4.39. The zero-order valence-electron chi connectivity index (χ0n) is 19.3. The molecule has 5 nitrogen and oxygen atoms in total. The molecule has 166 valence electrons. The van der Waals surface area contributed by atoms with E-state index in [1.165, 1.54) is 0 Å². The molecule has 0 spiro atoms. The molecule has 0 radical (unpaired) electrons. The van der Waals surface area contributed by atoms with Crippen LogP contribution in [0, 0.1) is 19.8 Å². The topological polar surface area (TPSA) is 69.0 Å². The van der Waals surface area contributed by atoms with Crippen molar-refractivity contribution in [2.75, 3.05) is 19.6 Å². The van der Waals surface area contributed by atoms with Gasteiger partial charge in [0.05, 0.1) is 13.1 Å². The van der Waals surface area contributed by atoms with E-state index in [4.69, 9.17) is 0 Å². The fourth-order valence-corrected chi connectivity index (χ4v) is 4.49. The van der Waals surface area contributed by atoms with Crippen molar-refractivity contribution in [3.8, 4) is 0 Å². The molecule has 4 aromatic rings. The summed E-state index contributed by atoms with van der Waals surface area (Å²) in [5.74, 6) is 0.590. The second-order valence-electron chi connectivity index (χ2n) is 9.08. The minimum Gasteiger partial charge on any atom is -0.358 e. The lowest BCUT2D eigenvalue weighted by atomic mass is 10.0. The Hall–Kier alpha value is -3.18. The Bertz CT molecular complexity index is 1180. The van der Waals surface area contributed by atoms with Gasteiger partial charge in [-0.25, -0.2) is 0 Å². The Morgan fingerprint density at radius 3 is 1.66 bits per heavy atom. The minimum atomic E-state index is 0.0483. The Kier molecular flexibility index (Phi) is 6.28. The molecule has 0 aliphatic heterocycles. The zero-order chi connectivity index (χ0) is 22.8. The summed E-state index contributed by atoms with van der Waals surface area (Å²) >= 11 is 0. The highest BCUT2D eigenvalue weighted by molar-refractivity contribution is 6.12. The van der Waals surface area contributed by atoms with Gasteiger partial charge in [-0.05, 0) is 44.9 Å². The number of nitrogens with zero attached hydrogens (tertiary/aromatic N) is 1. The molecule has 0 saturated carbocycles. The molecule has 0 aliphatic rings. The number of rotatable bonds is 9. The number of benzene rings is 2. The zero-order valence-corrected chi connectivity index (χ0v) is 19.3. The molecule has 5 heteroatoms. The van der Waals surface area contributed by atoms with E-state index in [1.807, 2.05) is 67.3 Å². The molecule has 0 saturated heterocycles. The van der Waals surface area contributed by atoms with Crippen molar-refractivity contribution in [2.24, 2.45) is 5.92 Å². The number of Topliss-reactive ketones (excluding diaryl/α,β-unsaturated/α-hetero) is 2. The number of aromatic nitrogens is 2. The van der Waals surface area contributed by atoms with Crippen molar-refractivity contribution in [2.45, 2.75) is 34.1 Å². The van der Waals surface area contributed by atoms with E-state index < -0.39 is 0 Å². The van der Waals surface area contributed by atoms with E-state index in [9.17, 15) is 9.59 Å². The van der Waals surface area contributed by atoms with Crippen LogP contribution in [0.15, 0.2) is 48.5 Å². The molecular weight excluding hydrogens is 398 g/mol. The third-order valence-electron chi connectivity index (χ3n) is 6.10. The average Bonchev–Trinajstić information content (AvgIpc) is 3.26. The first kappa shape index (κ1) is 22.0. The highest BCUT2D eigenvalue weighted by Crippen LogP contribution is 2.24. The molecule has 0 bridgehead atoms. The number of nitrogens with one attached hydrogen (secondary N) is 2. The number of ketones is 2. The van der Waals surface area contributed by atoms with Crippen molar-refractivity contribution >= 4 is 33.4 Å². The third-order valence-corrected chi connectivity index (χ3v) is 6.10. The van der Waals surface area contributed by atoms with Gasteiger partial charge in [0.2, 0.25) is 0 Å². The first-order chi connectivity index (χ1) is 15.3. The van der Waals surface area contributed by atoms with Crippen molar-refractivity contribution in [1.82, 2.24) is 14.9 Å². The minimum absolute atomic E-state index is 0.0483. The Balaban J connectivity index is 1.59. The van der Waals surface area contributed by atoms with Crippen LogP contribution >= 0.6 is 0 Å². The largest absolute Gasteiger partial charge is 0.358 e. The molecule has 0 atom stereocenters. The molecule has 0 unspecified atom stereocenters. The number of fused-ring (bicyclic) bond motifs is 2. The quantitative estimate of drug-likeness (QED) is 0.336. The molecule has 2 aromatic heterocycles. The summed E-state index contributed by atoms with van der Waals surface area (Å²) in [4.78, 5) is 35.4. The number of carbonyl (C=O) groups is 2. The maximum Gasteiger partial charge on any atom is 0.179 e. The van der Waals surface area contributed by atoms with Crippen molar-refractivity contribution in [1.29, 1.82) is 0 Å². The summed E-state index contributed by atoms with van der Waals surface area (Å²) in [5.41, 5.74) is 5.13.